The number of nitrogens with two attached hydrogens (primary N) is 1. The van der Waals surface area contributed by atoms with Gasteiger partial charge in [0.15, 0.2) is 6.61 Å². The van der Waals surface area contributed by atoms with Gasteiger partial charge in [0.1, 0.15) is 10.8 Å². The summed E-state index contributed by atoms with van der Waals surface area (Å²) in [6, 6.07) is 14.4. The Morgan fingerprint density at radius 3 is 2.44 bits per heavy atom. The summed E-state index contributed by atoms with van der Waals surface area (Å²) in [5.41, 5.74) is 6.14. The number of primary amides is 1. The molecule has 2 aromatic rings. The lowest BCUT2D eigenvalue weighted by molar-refractivity contribution is -0.134. The molecule has 0 bridgehead atoms. The van der Waals surface area contributed by atoms with Crippen molar-refractivity contribution in [3.63, 3.8) is 0 Å². The van der Waals surface area contributed by atoms with Gasteiger partial charge in [0.25, 0.3) is 5.91 Å². The molecule has 7 heteroatoms. The summed E-state index contributed by atoms with van der Waals surface area (Å²) >= 11 is 12.0. The molecule has 0 aromatic heterocycles. The second kappa shape index (κ2) is 9.30. The van der Waals surface area contributed by atoms with E-state index in [1.165, 1.54) is 4.90 Å². The highest BCUT2D eigenvalue weighted by molar-refractivity contribution is 6.42. The molecule has 0 saturated heterocycles. The molecule has 0 aliphatic carbocycles. The zero-order valence-corrected chi connectivity index (χ0v) is 15.0. The van der Waals surface area contributed by atoms with E-state index in [0.29, 0.717) is 17.3 Å². The van der Waals surface area contributed by atoms with Crippen molar-refractivity contribution in [2.24, 2.45) is 5.73 Å². The molecule has 0 aliphatic rings. The second-order valence-corrected chi connectivity index (χ2v) is 6.14. The van der Waals surface area contributed by atoms with Crippen molar-refractivity contribution >= 4 is 35.0 Å². The van der Waals surface area contributed by atoms with Crippen molar-refractivity contribution in [2.75, 3.05) is 13.2 Å². The summed E-state index contributed by atoms with van der Waals surface area (Å²) in [5, 5.41) is 0.602. The maximum atomic E-state index is 12.5. The SMILES string of the molecule is NC(=O)CCN(Cc1ccccc1)C(=O)COc1cccc(Cl)c1Cl. The van der Waals surface area contributed by atoms with Crippen LogP contribution >= 0.6 is 23.2 Å². The van der Waals surface area contributed by atoms with Crippen LogP contribution in [-0.2, 0) is 16.1 Å². The maximum Gasteiger partial charge on any atom is 0.260 e. The number of carbonyl (C=O) groups excluding carboxylic acids is 2. The molecule has 25 heavy (non-hydrogen) atoms. The fraction of sp³-hybridized carbons (Fsp3) is 0.222. The van der Waals surface area contributed by atoms with Crippen LogP contribution in [0.1, 0.15) is 12.0 Å². The van der Waals surface area contributed by atoms with Gasteiger partial charge >= 0.3 is 0 Å². The van der Waals surface area contributed by atoms with Gasteiger partial charge in [-0.3, -0.25) is 9.59 Å². The van der Waals surface area contributed by atoms with Crippen LogP contribution in [-0.4, -0.2) is 29.9 Å². The smallest absolute Gasteiger partial charge is 0.260 e. The van der Waals surface area contributed by atoms with Gasteiger partial charge in [-0.1, -0.05) is 59.6 Å². The summed E-state index contributed by atoms with van der Waals surface area (Å²) < 4.78 is 5.48. The predicted octanol–water partition coefficient (Wildman–Crippen LogP) is 3.28. The first kappa shape index (κ1) is 19.1. The zero-order valence-electron chi connectivity index (χ0n) is 13.5. The summed E-state index contributed by atoms with van der Waals surface area (Å²) in [6.07, 6.45) is 0.0799. The second-order valence-electron chi connectivity index (χ2n) is 5.36. The number of nitrogens with zero attached hydrogens (tertiary/aromatic N) is 1. The Bertz CT molecular complexity index is 738. The third-order valence-electron chi connectivity index (χ3n) is 3.46. The first-order valence-corrected chi connectivity index (χ1v) is 8.40. The van der Waals surface area contributed by atoms with E-state index in [9.17, 15) is 9.59 Å². The van der Waals surface area contributed by atoms with Gasteiger partial charge in [-0.2, -0.15) is 0 Å². The van der Waals surface area contributed by atoms with Crippen molar-refractivity contribution in [1.29, 1.82) is 0 Å². The molecule has 0 heterocycles. The van der Waals surface area contributed by atoms with Crippen molar-refractivity contribution in [3.05, 3.63) is 64.1 Å². The summed E-state index contributed by atoms with van der Waals surface area (Å²) in [5.74, 6) is -0.414. The molecule has 2 rings (SSSR count). The third-order valence-corrected chi connectivity index (χ3v) is 4.27. The highest BCUT2D eigenvalue weighted by atomic mass is 35.5. The number of hydrogen-bond acceptors (Lipinski definition) is 3. The van der Waals surface area contributed by atoms with Crippen molar-refractivity contribution in [2.45, 2.75) is 13.0 Å². The van der Waals surface area contributed by atoms with Crippen LogP contribution in [0.5, 0.6) is 5.75 Å². The molecule has 0 saturated carbocycles. The fourth-order valence-corrected chi connectivity index (χ4v) is 2.51. The van der Waals surface area contributed by atoms with Gasteiger partial charge in [0.2, 0.25) is 5.91 Å². The summed E-state index contributed by atoms with van der Waals surface area (Å²) in [6.45, 7) is 0.362. The van der Waals surface area contributed by atoms with Gasteiger partial charge < -0.3 is 15.4 Å². The topological polar surface area (TPSA) is 72.6 Å². The Kier molecular flexibility index (Phi) is 7.10. The van der Waals surface area contributed by atoms with E-state index < -0.39 is 5.91 Å². The first-order valence-electron chi connectivity index (χ1n) is 7.64. The number of carbonyl (C=O) groups is 2. The van der Waals surface area contributed by atoms with Gasteiger partial charge in [-0.15, -0.1) is 0 Å². The van der Waals surface area contributed by atoms with E-state index in [2.05, 4.69) is 0 Å². The Balaban J connectivity index is 2.03. The Hall–Kier alpha value is -2.24. The molecule has 2 N–H and O–H groups in total. The normalized spacial score (nSPS) is 10.3. The zero-order chi connectivity index (χ0) is 18.2. The van der Waals surface area contributed by atoms with Gasteiger partial charge in [0.05, 0.1) is 5.02 Å². The first-order chi connectivity index (χ1) is 12.0. The number of ether oxygens (including phenoxy) is 1. The van der Waals surface area contributed by atoms with E-state index in [-0.39, 0.29) is 30.5 Å². The molecular formula is C18H18Cl2N2O3. The van der Waals surface area contributed by atoms with Crippen LogP contribution in [0.4, 0.5) is 0 Å². The van der Waals surface area contributed by atoms with Crippen molar-refractivity contribution in [3.8, 4) is 5.75 Å². The molecule has 2 amide bonds. The van der Waals surface area contributed by atoms with Crippen LogP contribution in [0.2, 0.25) is 10.0 Å². The van der Waals surface area contributed by atoms with Crippen molar-refractivity contribution in [1.82, 2.24) is 4.90 Å². The van der Waals surface area contributed by atoms with E-state index in [1.54, 1.807) is 18.2 Å². The van der Waals surface area contributed by atoms with Crippen LogP contribution < -0.4 is 10.5 Å². The summed E-state index contributed by atoms with van der Waals surface area (Å²) in [7, 11) is 0. The van der Waals surface area contributed by atoms with E-state index >= 15 is 0 Å². The molecule has 5 nitrogen and oxygen atoms in total. The average Bonchev–Trinajstić information content (AvgIpc) is 2.60. The molecule has 132 valence electrons. The van der Waals surface area contributed by atoms with E-state index in [0.717, 1.165) is 5.56 Å². The highest BCUT2D eigenvalue weighted by Crippen LogP contribution is 2.31. The fourth-order valence-electron chi connectivity index (χ4n) is 2.17. The third kappa shape index (κ3) is 5.96. The van der Waals surface area contributed by atoms with Crippen LogP contribution in [0.3, 0.4) is 0 Å². The lowest BCUT2D eigenvalue weighted by Crippen LogP contribution is -2.36. The van der Waals surface area contributed by atoms with E-state index in [1.807, 2.05) is 30.3 Å². The number of halogens is 2. The number of hydrogen-bond donors (Lipinski definition) is 1. The Labute approximate surface area is 156 Å². The van der Waals surface area contributed by atoms with Crippen LogP contribution in [0.25, 0.3) is 0 Å². The minimum absolute atomic E-state index is 0.0799. The van der Waals surface area contributed by atoms with Gasteiger partial charge in [-0.05, 0) is 17.7 Å². The Morgan fingerprint density at radius 2 is 1.76 bits per heavy atom. The minimum Gasteiger partial charge on any atom is -0.482 e. The Morgan fingerprint density at radius 1 is 1.04 bits per heavy atom. The monoisotopic (exact) mass is 380 g/mol. The van der Waals surface area contributed by atoms with Gasteiger partial charge in [-0.25, -0.2) is 0 Å². The van der Waals surface area contributed by atoms with E-state index in [4.69, 9.17) is 33.7 Å². The quantitative estimate of drug-likeness (QED) is 0.763. The molecule has 2 aromatic carbocycles. The maximum absolute atomic E-state index is 12.5. The molecule has 0 atom stereocenters. The minimum atomic E-state index is -0.468. The number of amides is 2. The lowest BCUT2D eigenvalue weighted by Gasteiger charge is -2.22. The average molecular weight is 381 g/mol. The molecule has 0 unspecified atom stereocenters. The highest BCUT2D eigenvalue weighted by Gasteiger charge is 2.16. The van der Waals surface area contributed by atoms with Gasteiger partial charge in [0, 0.05) is 19.5 Å². The summed E-state index contributed by atoms with van der Waals surface area (Å²) in [4.78, 5) is 25.1. The number of rotatable bonds is 8. The molecule has 0 fully saturated rings. The molecule has 0 radical (unpaired) electrons. The van der Waals surface area contributed by atoms with Crippen molar-refractivity contribution < 1.29 is 14.3 Å². The lowest BCUT2D eigenvalue weighted by atomic mass is 10.2. The standard InChI is InChI=1S/C18H18Cl2N2O3/c19-14-7-4-8-15(18(14)20)25-12-17(24)22(10-9-16(21)23)11-13-5-2-1-3-6-13/h1-8H,9-12H2,(H2,21,23). The van der Waals surface area contributed by atoms with Crippen LogP contribution in [0.15, 0.2) is 48.5 Å². The van der Waals surface area contributed by atoms with Crippen LogP contribution in [0, 0.1) is 0 Å². The number of benzene rings is 2. The largest absolute Gasteiger partial charge is 0.482 e. The molecule has 0 aliphatic heterocycles. The molecule has 0 spiro atoms. The molecular weight excluding hydrogens is 363 g/mol. The predicted molar refractivity (Wildman–Crippen MR) is 97.6 cm³/mol.